The fourth-order valence-electron chi connectivity index (χ4n) is 0.167. The Morgan fingerprint density at radius 2 is 1.64 bits per heavy atom. The molecule has 0 radical (unpaired) electrons. The van der Waals surface area contributed by atoms with Crippen LogP contribution in [0.25, 0.3) is 0 Å². The van der Waals surface area contributed by atoms with Crippen LogP contribution in [0.2, 0.25) is 0 Å². The van der Waals surface area contributed by atoms with E-state index in [2.05, 4.69) is 0 Å². The number of rotatable bonds is 2. The van der Waals surface area contributed by atoms with Gasteiger partial charge in [-0.1, -0.05) is 6.92 Å². The van der Waals surface area contributed by atoms with Crippen LogP contribution in [0.4, 0.5) is 0 Å². The molecule has 11 heavy (non-hydrogen) atoms. The van der Waals surface area contributed by atoms with E-state index in [1.807, 2.05) is 27.7 Å². The quantitative estimate of drug-likeness (QED) is 0.552. The van der Waals surface area contributed by atoms with Gasteiger partial charge in [0.1, 0.15) is 0 Å². The van der Waals surface area contributed by atoms with Gasteiger partial charge in [0.05, 0.1) is 6.10 Å². The summed E-state index contributed by atoms with van der Waals surface area (Å²) in [6, 6.07) is 0. The van der Waals surface area contributed by atoms with Crippen molar-refractivity contribution in [2.24, 2.45) is 11.5 Å². The molecule has 1 atom stereocenters. The Hall–Kier alpha value is -0.120. The summed E-state index contributed by atoms with van der Waals surface area (Å²) in [5.41, 5.74) is 10.4. The third kappa shape index (κ3) is 40.8. The summed E-state index contributed by atoms with van der Waals surface area (Å²) < 4.78 is 0. The van der Waals surface area contributed by atoms with Crippen molar-refractivity contribution in [3.8, 4) is 0 Å². The minimum absolute atomic E-state index is 0. The molecular formula is C8H22N2O. The first kappa shape index (κ1) is 13.5. The van der Waals surface area contributed by atoms with Crippen LogP contribution in [0.15, 0.2) is 0 Å². The summed E-state index contributed by atoms with van der Waals surface area (Å²) in [4.78, 5) is 0. The summed E-state index contributed by atoms with van der Waals surface area (Å²) in [6.07, 6.45) is 0.473. The molecule has 0 heterocycles. The van der Waals surface area contributed by atoms with E-state index in [1.54, 1.807) is 0 Å². The maximum absolute atomic E-state index is 8.54. The third-order valence-corrected chi connectivity index (χ3v) is 0.743. The zero-order valence-corrected chi connectivity index (χ0v) is 8.09. The van der Waals surface area contributed by atoms with Crippen molar-refractivity contribution in [3.63, 3.8) is 0 Å². The summed E-state index contributed by atoms with van der Waals surface area (Å²) >= 11 is 0. The van der Waals surface area contributed by atoms with Gasteiger partial charge in [-0.25, -0.2) is 0 Å². The van der Waals surface area contributed by atoms with E-state index in [0.717, 1.165) is 6.42 Å². The van der Waals surface area contributed by atoms with Gasteiger partial charge in [-0.05, 0) is 27.2 Å². The van der Waals surface area contributed by atoms with Crippen LogP contribution in [0.3, 0.4) is 0 Å². The van der Waals surface area contributed by atoms with Crippen molar-refractivity contribution in [1.29, 1.82) is 0 Å². The lowest BCUT2D eigenvalue weighted by Gasteiger charge is -2.06. The molecule has 3 heteroatoms. The van der Waals surface area contributed by atoms with Crippen LogP contribution in [-0.2, 0) is 0 Å². The van der Waals surface area contributed by atoms with E-state index in [4.69, 9.17) is 16.6 Å². The highest BCUT2D eigenvalue weighted by molar-refractivity contribution is 4.60. The van der Waals surface area contributed by atoms with Gasteiger partial charge in [0.2, 0.25) is 0 Å². The summed E-state index contributed by atoms with van der Waals surface area (Å²) in [5, 5.41) is 8.54. The molecule has 0 aromatic rings. The molecule has 0 bridgehead atoms. The van der Waals surface area contributed by atoms with Crippen LogP contribution in [0.5, 0.6) is 0 Å². The summed E-state index contributed by atoms with van der Waals surface area (Å²) in [5.74, 6) is 0. The third-order valence-electron chi connectivity index (χ3n) is 0.743. The van der Waals surface area contributed by atoms with Crippen LogP contribution in [0.1, 0.15) is 34.1 Å². The highest BCUT2D eigenvalue weighted by Crippen LogP contribution is 1.88. The Bertz CT molecular complexity index is 68.7. The van der Waals surface area contributed by atoms with Crippen molar-refractivity contribution < 1.29 is 5.11 Å². The van der Waals surface area contributed by atoms with E-state index in [1.165, 1.54) is 0 Å². The van der Waals surface area contributed by atoms with Crippen LogP contribution in [0, 0.1) is 0 Å². The number of aliphatic hydroxyl groups excluding tert-OH is 1. The smallest absolute Gasteiger partial charge is 0.0659 e. The van der Waals surface area contributed by atoms with E-state index in [-0.39, 0.29) is 11.6 Å². The number of aliphatic hydroxyl groups is 1. The molecule has 0 aliphatic carbocycles. The maximum Gasteiger partial charge on any atom is 0.0659 e. The molecule has 0 aromatic carbocycles. The molecule has 0 aliphatic heterocycles. The molecule has 0 fully saturated rings. The van der Waals surface area contributed by atoms with Crippen molar-refractivity contribution in [2.75, 3.05) is 6.54 Å². The van der Waals surface area contributed by atoms with Gasteiger partial charge in [0.15, 0.2) is 0 Å². The van der Waals surface area contributed by atoms with Crippen LogP contribution >= 0.6 is 0 Å². The van der Waals surface area contributed by atoms with Crippen molar-refractivity contribution in [1.82, 2.24) is 0 Å². The molecule has 5 N–H and O–H groups in total. The van der Waals surface area contributed by atoms with E-state index < -0.39 is 0 Å². The second-order valence-corrected chi connectivity index (χ2v) is 3.66. The largest absolute Gasteiger partial charge is 0.392 e. The first-order valence-corrected chi connectivity index (χ1v) is 3.98. The Labute approximate surface area is 69.8 Å². The molecule has 0 saturated carbocycles. The molecule has 0 saturated heterocycles. The van der Waals surface area contributed by atoms with Gasteiger partial charge in [0, 0.05) is 12.1 Å². The lowest BCUT2D eigenvalue weighted by molar-refractivity contribution is 0.179. The second-order valence-electron chi connectivity index (χ2n) is 3.66. The minimum Gasteiger partial charge on any atom is -0.392 e. The van der Waals surface area contributed by atoms with Crippen LogP contribution < -0.4 is 11.5 Å². The van der Waals surface area contributed by atoms with E-state index in [0.29, 0.717) is 6.54 Å². The molecule has 0 aliphatic rings. The van der Waals surface area contributed by atoms with E-state index in [9.17, 15) is 0 Å². The summed E-state index contributed by atoms with van der Waals surface area (Å²) in [7, 11) is 0. The Morgan fingerprint density at radius 3 is 1.64 bits per heavy atom. The van der Waals surface area contributed by atoms with E-state index >= 15 is 0 Å². The maximum atomic E-state index is 8.54. The second kappa shape index (κ2) is 6.58. The van der Waals surface area contributed by atoms with Crippen molar-refractivity contribution in [2.45, 2.75) is 45.8 Å². The Morgan fingerprint density at radius 1 is 1.36 bits per heavy atom. The predicted molar refractivity (Wildman–Crippen MR) is 49.3 cm³/mol. The standard InChI is InChI=1S/C4H11NO.C4H11N/c1-2-4(6)3-5;1-4(2,3)5/h4,6H,2-3,5H2,1H3;5H2,1-3H3. The van der Waals surface area contributed by atoms with Gasteiger partial charge >= 0.3 is 0 Å². The zero-order chi connectivity index (χ0) is 9.49. The lowest BCUT2D eigenvalue weighted by Crippen LogP contribution is -2.26. The number of hydrogen-bond donors (Lipinski definition) is 3. The molecule has 0 rings (SSSR count). The molecule has 3 nitrogen and oxygen atoms in total. The molecule has 1 unspecified atom stereocenters. The monoisotopic (exact) mass is 162 g/mol. The highest BCUT2D eigenvalue weighted by Gasteiger charge is 1.95. The SMILES string of the molecule is CC(C)(C)N.CCC(O)CN. The predicted octanol–water partition coefficient (Wildman–Crippen LogP) is 0.460. The van der Waals surface area contributed by atoms with Crippen molar-refractivity contribution in [3.05, 3.63) is 0 Å². The van der Waals surface area contributed by atoms with Gasteiger partial charge in [-0.2, -0.15) is 0 Å². The normalized spacial score (nSPS) is 13.4. The van der Waals surface area contributed by atoms with Gasteiger partial charge in [0.25, 0.3) is 0 Å². The molecule has 0 spiro atoms. The van der Waals surface area contributed by atoms with Crippen molar-refractivity contribution >= 4 is 0 Å². The zero-order valence-electron chi connectivity index (χ0n) is 8.09. The first-order valence-electron chi connectivity index (χ1n) is 3.98. The highest BCUT2D eigenvalue weighted by atomic mass is 16.3. The first-order chi connectivity index (χ1) is 4.81. The molecule has 70 valence electrons. The molecular weight excluding hydrogens is 140 g/mol. The molecule has 0 aromatic heterocycles. The van der Waals surface area contributed by atoms with Gasteiger partial charge < -0.3 is 16.6 Å². The minimum atomic E-state index is -0.287. The fourth-order valence-corrected chi connectivity index (χ4v) is 0.167. The van der Waals surface area contributed by atoms with Gasteiger partial charge in [-0.15, -0.1) is 0 Å². The summed E-state index contributed by atoms with van der Waals surface area (Å²) in [6.45, 7) is 8.18. The van der Waals surface area contributed by atoms with Crippen LogP contribution in [-0.4, -0.2) is 23.3 Å². The Balaban J connectivity index is 0. The topological polar surface area (TPSA) is 72.3 Å². The average molecular weight is 162 g/mol. The fraction of sp³-hybridized carbons (Fsp3) is 1.00. The number of hydrogen-bond acceptors (Lipinski definition) is 3. The lowest BCUT2D eigenvalue weighted by atomic mass is 10.1. The van der Waals surface area contributed by atoms with Gasteiger partial charge in [-0.3, -0.25) is 0 Å². The Kier molecular flexibility index (Phi) is 8.06. The average Bonchev–Trinajstić information content (AvgIpc) is 1.83. The number of nitrogens with two attached hydrogens (primary N) is 2. The molecule has 0 amide bonds.